The normalized spacial score (nSPS) is 10.8. The van der Waals surface area contributed by atoms with Crippen molar-refractivity contribution in [3.8, 4) is 0 Å². The van der Waals surface area contributed by atoms with Gasteiger partial charge >= 0.3 is 0 Å². The predicted molar refractivity (Wildman–Crippen MR) is 66.6 cm³/mol. The number of aryl methyl sites for hydroxylation is 2. The lowest BCUT2D eigenvalue weighted by molar-refractivity contribution is 0.611. The zero-order valence-corrected chi connectivity index (χ0v) is 10.4. The molecule has 2 N–H and O–H groups in total. The summed E-state index contributed by atoms with van der Waals surface area (Å²) in [6.45, 7) is 3.92. The van der Waals surface area contributed by atoms with E-state index in [0.717, 1.165) is 5.56 Å². The number of nitrogens with zero attached hydrogens (tertiary/aromatic N) is 2. The highest BCUT2D eigenvalue weighted by atomic mass is 35.5. The maximum Gasteiger partial charge on any atom is 0.141 e. The van der Waals surface area contributed by atoms with Crippen molar-refractivity contribution in [2.45, 2.75) is 20.4 Å². The first-order valence-electron chi connectivity index (χ1n) is 5.22. The van der Waals surface area contributed by atoms with E-state index in [2.05, 4.69) is 5.10 Å². The first kappa shape index (κ1) is 11.9. The maximum atomic E-state index is 13.4. The number of aromatic nitrogens is 2. The Kier molecular flexibility index (Phi) is 3.07. The number of anilines is 1. The van der Waals surface area contributed by atoms with E-state index in [-0.39, 0.29) is 5.82 Å². The van der Waals surface area contributed by atoms with Crippen molar-refractivity contribution in [1.82, 2.24) is 9.78 Å². The van der Waals surface area contributed by atoms with Gasteiger partial charge in [-0.3, -0.25) is 0 Å². The van der Waals surface area contributed by atoms with Gasteiger partial charge in [-0.15, -0.1) is 0 Å². The summed E-state index contributed by atoms with van der Waals surface area (Å²) in [7, 11) is 0. The first-order valence-corrected chi connectivity index (χ1v) is 5.60. The maximum absolute atomic E-state index is 13.4. The lowest BCUT2D eigenvalue weighted by Gasteiger charge is -2.05. The van der Waals surface area contributed by atoms with Gasteiger partial charge in [-0.05, 0) is 31.0 Å². The minimum Gasteiger partial charge on any atom is -0.383 e. The van der Waals surface area contributed by atoms with Crippen LogP contribution in [0.15, 0.2) is 18.2 Å². The first-order chi connectivity index (χ1) is 7.99. The Morgan fingerprint density at radius 3 is 2.65 bits per heavy atom. The van der Waals surface area contributed by atoms with Crippen LogP contribution in [0.5, 0.6) is 0 Å². The van der Waals surface area contributed by atoms with Crippen molar-refractivity contribution >= 4 is 17.4 Å². The molecule has 5 heteroatoms. The second kappa shape index (κ2) is 4.37. The SMILES string of the molecule is Cc1ccc(Cn2nc(C)c(Cl)c2N)cc1F. The van der Waals surface area contributed by atoms with Crippen LogP contribution in [0.4, 0.5) is 10.2 Å². The third-order valence-corrected chi connectivity index (χ3v) is 3.13. The van der Waals surface area contributed by atoms with Crippen molar-refractivity contribution < 1.29 is 4.39 Å². The monoisotopic (exact) mass is 253 g/mol. The zero-order valence-electron chi connectivity index (χ0n) is 9.67. The topological polar surface area (TPSA) is 43.8 Å². The Morgan fingerprint density at radius 1 is 1.41 bits per heavy atom. The van der Waals surface area contributed by atoms with E-state index in [1.54, 1.807) is 24.6 Å². The second-order valence-corrected chi connectivity index (χ2v) is 4.40. The van der Waals surface area contributed by atoms with Crippen molar-refractivity contribution in [2.75, 3.05) is 5.73 Å². The van der Waals surface area contributed by atoms with E-state index >= 15 is 0 Å². The van der Waals surface area contributed by atoms with Gasteiger partial charge in [0, 0.05) is 0 Å². The summed E-state index contributed by atoms with van der Waals surface area (Å²) < 4.78 is 15.0. The van der Waals surface area contributed by atoms with Crippen molar-refractivity contribution in [1.29, 1.82) is 0 Å². The Bertz CT molecular complexity index is 563. The van der Waals surface area contributed by atoms with Gasteiger partial charge in [0.25, 0.3) is 0 Å². The molecule has 0 unspecified atom stereocenters. The molecular weight excluding hydrogens is 241 g/mol. The van der Waals surface area contributed by atoms with Crippen LogP contribution >= 0.6 is 11.6 Å². The van der Waals surface area contributed by atoms with Gasteiger partial charge in [-0.25, -0.2) is 9.07 Å². The number of nitrogens with two attached hydrogens (primary N) is 1. The Hall–Kier alpha value is -1.55. The van der Waals surface area contributed by atoms with E-state index in [0.29, 0.717) is 28.6 Å². The lowest BCUT2D eigenvalue weighted by atomic mass is 10.1. The molecular formula is C12H13ClFN3. The highest BCUT2D eigenvalue weighted by Crippen LogP contribution is 2.23. The molecule has 0 aliphatic heterocycles. The summed E-state index contributed by atoms with van der Waals surface area (Å²) in [6.07, 6.45) is 0. The molecule has 0 fully saturated rings. The number of benzene rings is 1. The summed E-state index contributed by atoms with van der Waals surface area (Å²) in [6, 6.07) is 5.07. The average molecular weight is 254 g/mol. The largest absolute Gasteiger partial charge is 0.383 e. The molecule has 0 saturated carbocycles. The third kappa shape index (κ3) is 2.26. The molecule has 0 spiro atoms. The van der Waals surface area contributed by atoms with Crippen molar-refractivity contribution in [3.63, 3.8) is 0 Å². The van der Waals surface area contributed by atoms with Crippen molar-refractivity contribution in [2.24, 2.45) is 0 Å². The molecule has 17 heavy (non-hydrogen) atoms. The molecule has 2 aromatic rings. The molecule has 2 rings (SSSR count). The van der Waals surface area contributed by atoms with E-state index in [9.17, 15) is 4.39 Å². The van der Waals surface area contributed by atoms with Gasteiger partial charge in [0.15, 0.2) is 0 Å². The van der Waals surface area contributed by atoms with Crippen LogP contribution in [0.2, 0.25) is 5.02 Å². The fraction of sp³-hybridized carbons (Fsp3) is 0.250. The van der Waals surface area contributed by atoms with E-state index in [1.165, 1.54) is 6.07 Å². The molecule has 0 atom stereocenters. The highest BCUT2D eigenvalue weighted by molar-refractivity contribution is 6.33. The summed E-state index contributed by atoms with van der Waals surface area (Å²) >= 11 is 5.94. The van der Waals surface area contributed by atoms with Gasteiger partial charge in [0.05, 0.1) is 12.2 Å². The quantitative estimate of drug-likeness (QED) is 0.894. The Balaban J connectivity index is 2.31. The van der Waals surface area contributed by atoms with E-state index in [4.69, 9.17) is 17.3 Å². The summed E-state index contributed by atoms with van der Waals surface area (Å²) in [5, 5.41) is 4.65. The fourth-order valence-electron chi connectivity index (χ4n) is 1.61. The molecule has 0 amide bonds. The van der Waals surface area contributed by atoms with Crippen LogP contribution in [0.25, 0.3) is 0 Å². The summed E-state index contributed by atoms with van der Waals surface area (Å²) in [4.78, 5) is 0. The molecule has 3 nitrogen and oxygen atoms in total. The second-order valence-electron chi connectivity index (χ2n) is 4.03. The third-order valence-electron chi connectivity index (χ3n) is 2.66. The standard InChI is InChI=1S/C12H13ClFN3/c1-7-3-4-9(5-10(7)14)6-17-12(15)11(13)8(2)16-17/h3-5H,6,15H2,1-2H3. The molecule has 0 aliphatic rings. The van der Waals surface area contributed by atoms with Crippen LogP contribution in [0.1, 0.15) is 16.8 Å². The lowest BCUT2D eigenvalue weighted by Crippen LogP contribution is -2.06. The highest BCUT2D eigenvalue weighted by Gasteiger charge is 2.10. The number of hydrogen-bond donors (Lipinski definition) is 1. The van der Waals surface area contributed by atoms with Gasteiger partial charge in [0.2, 0.25) is 0 Å². The smallest absolute Gasteiger partial charge is 0.141 e. The Labute approximate surface area is 104 Å². The molecule has 1 heterocycles. The van der Waals surface area contributed by atoms with Crippen LogP contribution in [-0.4, -0.2) is 9.78 Å². The molecule has 1 aromatic heterocycles. The number of halogens is 2. The van der Waals surface area contributed by atoms with E-state index in [1.807, 2.05) is 6.07 Å². The average Bonchev–Trinajstić information content (AvgIpc) is 2.52. The summed E-state index contributed by atoms with van der Waals surface area (Å²) in [5.74, 6) is 0.182. The minimum atomic E-state index is -0.226. The van der Waals surface area contributed by atoms with Crippen LogP contribution in [-0.2, 0) is 6.54 Å². The molecule has 90 valence electrons. The van der Waals surface area contributed by atoms with Crippen LogP contribution in [0, 0.1) is 19.7 Å². The van der Waals surface area contributed by atoms with Gasteiger partial charge < -0.3 is 5.73 Å². The molecule has 1 aromatic carbocycles. The van der Waals surface area contributed by atoms with E-state index < -0.39 is 0 Å². The minimum absolute atomic E-state index is 0.226. The molecule has 0 radical (unpaired) electrons. The Morgan fingerprint density at radius 2 is 2.12 bits per heavy atom. The molecule has 0 aliphatic carbocycles. The van der Waals surface area contributed by atoms with Crippen LogP contribution < -0.4 is 5.73 Å². The number of hydrogen-bond acceptors (Lipinski definition) is 2. The van der Waals surface area contributed by atoms with Crippen LogP contribution in [0.3, 0.4) is 0 Å². The molecule has 0 saturated heterocycles. The number of rotatable bonds is 2. The zero-order chi connectivity index (χ0) is 12.6. The summed E-state index contributed by atoms with van der Waals surface area (Å²) in [5.41, 5.74) is 7.90. The number of nitrogen functional groups attached to an aromatic ring is 1. The van der Waals surface area contributed by atoms with Gasteiger partial charge in [0.1, 0.15) is 16.7 Å². The van der Waals surface area contributed by atoms with Gasteiger partial charge in [-0.1, -0.05) is 23.7 Å². The van der Waals surface area contributed by atoms with Gasteiger partial charge in [-0.2, -0.15) is 5.10 Å². The van der Waals surface area contributed by atoms with Crippen molar-refractivity contribution in [3.05, 3.63) is 45.9 Å². The predicted octanol–water partition coefficient (Wildman–Crippen LogP) is 2.92. The molecule has 0 bridgehead atoms. The fourth-order valence-corrected chi connectivity index (χ4v) is 1.74.